The summed E-state index contributed by atoms with van der Waals surface area (Å²) in [4.78, 5) is 28.1. The normalized spacial score (nSPS) is 10.2. The third kappa shape index (κ3) is 4.63. The maximum Gasteiger partial charge on any atom is 0.337 e. The number of halogens is 2. The van der Waals surface area contributed by atoms with Gasteiger partial charge in [-0.05, 0) is 54.6 Å². The third-order valence-electron chi connectivity index (χ3n) is 3.76. The molecular weight excluding hydrogens is 385 g/mol. The number of nitrogens with zero attached hydrogens (tertiary/aromatic N) is 1. The number of amides is 1. The molecule has 0 fully saturated rings. The number of benzene rings is 2. The average molecular weight is 400 g/mol. The molecule has 1 aromatic heterocycles. The van der Waals surface area contributed by atoms with Gasteiger partial charge in [0.2, 0.25) is 0 Å². The van der Waals surface area contributed by atoms with Crippen LogP contribution in [-0.2, 0) is 4.74 Å². The van der Waals surface area contributed by atoms with Crippen LogP contribution in [0.2, 0.25) is 5.02 Å². The molecule has 0 atom stereocenters. The van der Waals surface area contributed by atoms with Crippen molar-refractivity contribution in [3.63, 3.8) is 0 Å². The van der Waals surface area contributed by atoms with Crippen molar-refractivity contribution in [2.75, 3.05) is 17.7 Å². The lowest BCUT2D eigenvalue weighted by atomic mass is 10.2. The standard InChI is InChI=1S/C20H15ClFN3O3/c1-28-20(27)12-2-8-16(21)18(10-12)25-19(26)17-9-7-15(11-23-17)24-14-5-3-13(22)4-6-14/h2-11,24H,1H3,(H,25,26). The number of anilines is 3. The SMILES string of the molecule is COC(=O)c1ccc(Cl)c(NC(=O)c2ccc(Nc3ccc(F)cc3)cn2)c1. The summed E-state index contributed by atoms with van der Waals surface area (Å²) in [5.41, 5.74) is 2.00. The molecule has 28 heavy (non-hydrogen) atoms. The van der Waals surface area contributed by atoms with Crippen molar-refractivity contribution in [3.05, 3.63) is 82.9 Å². The first-order valence-corrected chi connectivity index (χ1v) is 8.52. The van der Waals surface area contributed by atoms with Gasteiger partial charge in [0.25, 0.3) is 5.91 Å². The molecule has 1 heterocycles. The fourth-order valence-corrected chi connectivity index (χ4v) is 2.52. The van der Waals surface area contributed by atoms with E-state index in [9.17, 15) is 14.0 Å². The van der Waals surface area contributed by atoms with Gasteiger partial charge in [-0.1, -0.05) is 11.6 Å². The highest BCUT2D eigenvalue weighted by Crippen LogP contribution is 2.24. The second-order valence-corrected chi connectivity index (χ2v) is 6.11. The summed E-state index contributed by atoms with van der Waals surface area (Å²) < 4.78 is 17.6. The van der Waals surface area contributed by atoms with Crippen LogP contribution >= 0.6 is 11.6 Å². The molecule has 0 aliphatic rings. The topological polar surface area (TPSA) is 80.3 Å². The summed E-state index contributed by atoms with van der Waals surface area (Å²) in [6.07, 6.45) is 1.48. The van der Waals surface area contributed by atoms with Gasteiger partial charge in [-0.3, -0.25) is 4.79 Å². The van der Waals surface area contributed by atoms with Gasteiger partial charge in [-0.2, -0.15) is 0 Å². The van der Waals surface area contributed by atoms with Crippen LogP contribution < -0.4 is 10.6 Å². The summed E-state index contributed by atoms with van der Waals surface area (Å²) in [6.45, 7) is 0. The van der Waals surface area contributed by atoms with Gasteiger partial charge >= 0.3 is 5.97 Å². The van der Waals surface area contributed by atoms with Crippen LogP contribution in [0.3, 0.4) is 0 Å². The van der Waals surface area contributed by atoms with Crippen LogP contribution in [0.1, 0.15) is 20.8 Å². The van der Waals surface area contributed by atoms with Crippen LogP contribution in [0.5, 0.6) is 0 Å². The Kier molecular flexibility index (Phi) is 5.86. The fraction of sp³-hybridized carbons (Fsp3) is 0.0500. The highest BCUT2D eigenvalue weighted by molar-refractivity contribution is 6.34. The number of ether oxygens (including phenoxy) is 1. The molecule has 3 rings (SSSR count). The Morgan fingerprint density at radius 1 is 1.04 bits per heavy atom. The van der Waals surface area contributed by atoms with Crippen LogP contribution in [0.25, 0.3) is 0 Å². The molecule has 0 saturated heterocycles. The Labute approximate surface area is 165 Å². The number of carbonyl (C=O) groups is 2. The summed E-state index contributed by atoms with van der Waals surface area (Å²) in [7, 11) is 1.26. The predicted octanol–water partition coefficient (Wildman–Crippen LogP) is 4.66. The van der Waals surface area contributed by atoms with E-state index < -0.39 is 11.9 Å². The third-order valence-corrected chi connectivity index (χ3v) is 4.09. The van der Waals surface area contributed by atoms with Crippen LogP contribution in [0, 0.1) is 5.82 Å². The predicted molar refractivity (Wildman–Crippen MR) is 105 cm³/mol. The fourth-order valence-electron chi connectivity index (χ4n) is 2.35. The molecule has 142 valence electrons. The molecular formula is C20H15ClFN3O3. The molecule has 0 aliphatic carbocycles. The van der Waals surface area contributed by atoms with Crippen molar-refractivity contribution in [1.29, 1.82) is 0 Å². The van der Waals surface area contributed by atoms with Crippen molar-refractivity contribution < 1.29 is 18.7 Å². The summed E-state index contributed by atoms with van der Waals surface area (Å²) in [6, 6.07) is 13.5. The zero-order valence-electron chi connectivity index (χ0n) is 14.7. The van der Waals surface area contributed by atoms with Crippen molar-refractivity contribution in [2.24, 2.45) is 0 Å². The Bertz CT molecular complexity index is 1010. The maximum absolute atomic E-state index is 12.9. The Balaban J connectivity index is 1.71. The zero-order chi connectivity index (χ0) is 20.1. The van der Waals surface area contributed by atoms with E-state index in [1.807, 2.05) is 0 Å². The number of pyridine rings is 1. The van der Waals surface area contributed by atoms with E-state index in [4.69, 9.17) is 11.6 Å². The first-order valence-electron chi connectivity index (χ1n) is 8.14. The van der Waals surface area contributed by atoms with Crippen LogP contribution in [0.4, 0.5) is 21.5 Å². The second-order valence-electron chi connectivity index (χ2n) is 5.70. The Morgan fingerprint density at radius 3 is 2.39 bits per heavy atom. The molecule has 0 saturated carbocycles. The van der Waals surface area contributed by atoms with E-state index in [0.29, 0.717) is 11.4 Å². The smallest absolute Gasteiger partial charge is 0.337 e. The van der Waals surface area contributed by atoms with E-state index in [0.717, 1.165) is 0 Å². The molecule has 2 aromatic carbocycles. The molecule has 8 heteroatoms. The summed E-state index contributed by atoms with van der Waals surface area (Å²) >= 11 is 6.08. The number of carbonyl (C=O) groups excluding carboxylic acids is 2. The quantitative estimate of drug-likeness (QED) is 0.610. The summed E-state index contributed by atoms with van der Waals surface area (Å²) in [5, 5.41) is 5.94. The van der Waals surface area contributed by atoms with E-state index in [1.165, 1.54) is 49.7 Å². The van der Waals surface area contributed by atoms with Gasteiger partial charge in [-0.25, -0.2) is 14.2 Å². The highest BCUT2D eigenvalue weighted by Gasteiger charge is 2.13. The van der Waals surface area contributed by atoms with Gasteiger partial charge in [0.15, 0.2) is 0 Å². The monoisotopic (exact) mass is 399 g/mol. The zero-order valence-corrected chi connectivity index (χ0v) is 15.5. The first kappa shape index (κ1) is 19.3. The van der Waals surface area contributed by atoms with Gasteiger partial charge in [0, 0.05) is 5.69 Å². The number of aromatic nitrogens is 1. The van der Waals surface area contributed by atoms with Crippen molar-refractivity contribution in [1.82, 2.24) is 4.98 Å². The molecule has 0 unspecified atom stereocenters. The molecule has 2 N–H and O–H groups in total. The van der Waals surface area contributed by atoms with Gasteiger partial charge < -0.3 is 15.4 Å². The minimum absolute atomic E-state index is 0.157. The number of hydrogen-bond acceptors (Lipinski definition) is 5. The summed E-state index contributed by atoms with van der Waals surface area (Å²) in [5.74, 6) is -1.36. The lowest BCUT2D eigenvalue weighted by Gasteiger charge is -2.10. The van der Waals surface area contributed by atoms with E-state index >= 15 is 0 Å². The number of rotatable bonds is 5. The van der Waals surface area contributed by atoms with E-state index in [-0.39, 0.29) is 27.8 Å². The number of methoxy groups -OCH3 is 1. The van der Waals surface area contributed by atoms with E-state index in [2.05, 4.69) is 20.4 Å². The lowest BCUT2D eigenvalue weighted by molar-refractivity contribution is 0.0600. The average Bonchev–Trinajstić information content (AvgIpc) is 2.71. The second kappa shape index (κ2) is 8.49. The molecule has 6 nitrogen and oxygen atoms in total. The number of nitrogens with one attached hydrogen (secondary N) is 2. The van der Waals surface area contributed by atoms with Crippen molar-refractivity contribution in [3.8, 4) is 0 Å². The number of hydrogen-bond donors (Lipinski definition) is 2. The minimum atomic E-state index is -0.540. The first-order chi connectivity index (χ1) is 13.5. The van der Waals surface area contributed by atoms with Gasteiger partial charge in [-0.15, -0.1) is 0 Å². The highest BCUT2D eigenvalue weighted by atomic mass is 35.5. The molecule has 1 amide bonds. The molecule has 0 aliphatic heterocycles. The maximum atomic E-state index is 12.9. The van der Waals surface area contributed by atoms with Gasteiger partial charge in [0.1, 0.15) is 11.5 Å². The Hall–Kier alpha value is -3.45. The minimum Gasteiger partial charge on any atom is -0.465 e. The molecule has 3 aromatic rings. The van der Waals surface area contributed by atoms with Crippen LogP contribution in [0.15, 0.2) is 60.8 Å². The molecule has 0 spiro atoms. The lowest BCUT2D eigenvalue weighted by Crippen LogP contribution is -2.14. The number of esters is 1. The van der Waals surface area contributed by atoms with Crippen molar-refractivity contribution >= 4 is 40.5 Å². The molecule has 0 bridgehead atoms. The van der Waals surface area contributed by atoms with Gasteiger partial charge in [0.05, 0.1) is 35.3 Å². The largest absolute Gasteiger partial charge is 0.465 e. The molecule has 0 radical (unpaired) electrons. The van der Waals surface area contributed by atoms with E-state index in [1.54, 1.807) is 18.2 Å². The van der Waals surface area contributed by atoms with Crippen LogP contribution in [-0.4, -0.2) is 24.0 Å². The Morgan fingerprint density at radius 2 is 1.75 bits per heavy atom. The van der Waals surface area contributed by atoms with Crippen molar-refractivity contribution in [2.45, 2.75) is 0 Å².